The van der Waals surface area contributed by atoms with Gasteiger partial charge in [0.1, 0.15) is 0 Å². The third-order valence-corrected chi connectivity index (χ3v) is 4.93. The topological polar surface area (TPSA) is 27.7 Å². The number of ether oxygens (including phenoxy) is 3. The van der Waals surface area contributed by atoms with E-state index in [0.29, 0.717) is 19.8 Å². The molecule has 25 heavy (non-hydrogen) atoms. The smallest absolute Gasteiger partial charge is 0.0626 e. The molecule has 0 bridgehead atoms. The Morgan fingerprint density at radius 1 is 0.600 bits per heavy atom. The quantitative estimate of drug-likeness (QED) is 0.266. The molecule has 0 atom stereocenters. The summed E-state index contributed by atoms with van der Waals surface area (Å²) in [5.41, 5.74) is -0.137. The molecule has 3 nitrogen and oxygen atoms in total. The van der Waals surface area contributed by atoms with Crippen LogP contribution in [-0.4, -0.2) is 39.6 Å². The summed E-state index contributed by atoms with van der Waals surface area (Å²) in [5.74, 6) is 0. The maximum absolute atomic E-state index is 6.22. The van der Waals surface area contributed by atoms with Gasteiger partial charge >= 0.3 is 0 Å². The minimum absolute atomic E-state index is 0.0666. The van der Waals surface area contributed by atoms with Crippen LogP contribution in [0.3, 0.4) is 0 Å². The van der Waals surface area contributed by atoms with E-state index >= 15 is 0 Å². The Hall–Kier alpha value is -0.120. The van der Waals surface area contributed by atoms with Crippen LogP contribution >= 0.6 is 0 Å². The molecule has 0 saturated heterocycles. The molecule has 0 fully saturated rings. The Morgan fingerprint density at radius 2 is 1.04 bits per heavy atom. The maximum atomic E-state index is 6.22. The van der Waals surface area contributed by atoms with Crippen LogP contribution in [0.1, 0.15) is 98.3 Å². The molecule has 0 N–H and O–H groups in total. The van der Waals surface area contributed by atoms with Crippen molar-refractivity contribution in [3.63, 3.8) is 0 Å². The zero-order chi connectivity index (χ0) is 19.0. The van der Waals surface area contributed by atoms with Crippen LogP contribution in [0.15, 0.2) is 0 Å². The molecule has 152 valence electrons. The number of hydrogen-bond acceptors (Lipinski definition) is 3. The minimum atomic E-state index is -0.0709. The van der Waals surface area contributed by atoms with E-state index in [0.717, 1.165) is 6.42 Å². The zero-order valence-corrected chi connectivity index (χ0v) is 18.1. The molecule has 0 saturated carbocycles. The van der Waals surface area contributed by atoms with Crippen molar-refractivity contribution in [3.05, 3.63) is 0 Å². The van der Waals surface area contributed by atoms with Gasteiger partial charge in [0.25, 0.3) is 0 Å². The zero-order valence-electron chi connectivity index (χ0n) is 18.1. The average Bonchev–Trinajstić information content (AvgIpc) is 2.55. The number of hydrogen-bond donors (Lipinski definition) is 0. The Labute approximate surface area is 158 Å². The molecule has 0 aliphatic rings. The summed E-state index contributed by atoms with van der Waals surface area (Å²) >= 11 is 0. The normalized spacial score (nSPS) is 12.7. The first kappa shape index (κ1) is 24.9. The molecule has 0 rings (SSSR count). The fraction of sp³-hybridized carbons (Fsp3) is 1.00. The summed E-state index contributed by atoms with van der Waals surface area (Å²) in [6.45, 7) is 10.9. The molecular weight excluding hydrogens is 312 g/mol. The van der Waals surface area contributed by atoms with Crippen LogP contribution in [0.2, 0.25) is 0 Å². The van der Waals surface area contributed by atoms with Gasteiger partial charge in [0.15, 0.2) is 0 Å². The van der Waals surface area contributed by atoms with Gasteiger partial charge in [-0.2, -0.15) is 0 Å². The molecule has 0 aliphatic heterocycles. The molecular formula is C22H46O3. The minimum Gasteiger partial charge on any atom is -0.384 e. The summed E-state index contributed by atoms with van der Waals surface area (Å²) in [4.78, 5) is 0. The van der Waals surface area contributed by atoms with Crippen molar-refractivity contribution in [1.29, 1.82) is 0 Å². The lowest BCUT2D eigenvalue weighted by Crippen LogP contribution is -2.38. The second-order valence-electron chi connectivity index (χ2n) is 8.66. The molecule has 0 heterocycles. The van der Waals surface area contributed by atoms with Gasteiger partial charge in [0.05, 0.1) is 25.4 Å². The molecule has 0 radical (unpaired) electrons. The van der Waals surface area contributed by atoms with Gasteiger partial charge < -0.3 is 14.2 Å². The first-order valence-corrected chi connectivity index (χ1v) is 10.5. The Morgan fingerprint density at radius 3 is 1.48 bits per heavy atom. The molecule has 0 aromatic rings. The van der Waals surface area contributed by atoms with E-state index in [1.165, 1.54) is 64.2 Å². The van der Waals surface area contributed by atoms with Crippen LogP contribution in [0.4, 0.5) is 0 Å². The highest BCUT2D eigenvalue weighted by atomic mass is 16.5. The number of methoxy groups -OCH3 is 2. The summed E-state index contributed by atoms with van der Waals surface area (Å²) in [6, 6.07) is 0. The molecule has 0 aliphatic carbocycles. The molecule has 0 aromatic carbocycles. The van der Waals surface area contributed by atoms with E-state index in [1.807, 2.05) is 0 Å². The van der Waals surface area contributed by atoms with Gasteiger partial charge in [0.2, 0.25) is 0 Å². The fourth-order valence-corrected chi connectivity index (χ4v) is 3.30. The highest BCUT2D eigenvalue weighted by Crippen LogP contribution is 2.25. The summed E-state index contributed by atoms with van der Waals surface area (Å²) in [5, 5.41) is 0. The van der Waals surface area contributed by atoms with Gasteiger partial charge in [-0.25, -0.2) is 0 Å². The van der Waals surface area contributed by atoms with Crippen LogP contribution in [0.25, 0.3) is 0 Å². The Kier molecular flexibility index (Phi) is 14.9. The van der Waals surface area contributed by atoms with Crippen molar-refractivity contribution < 1.29 is 14.2 Å². The highest BCUT2D eigenvalue weighted by Gasteiger charge is 2.28. The first-order chi connectivity index (χ1) is 11.9. The van der Waals surface area contributed by atoms with Crippen LogP contribution in [0.5, 0.6) is 0 Å². The largest absolute Gasteiger partial charge is 0.384 e. The van der Waals surface area contributed by atoms with Crippen LogP contribution in [0, 0.1) is 5.41 Å². The Bertz CT molecular complexity index is 283. The van der Waals surface area contributed by atoms with Gasteiger partial charge in [-0.05, 0) is 20.3 Å². The second-order valence-corrected chi connectivity index (χ2v) is 8.66. The first-order valence-electron chi connectivity index (χ1n) is 10.5. The summed E-state index contributed by atoms with van der Waals surface area (Å²) in [7, 11) is 3.48. The lowest BCUT2D eigenvalue weighted by Gasteiger charge is -2.33. The number of unbranched alkanes of at least 4 members (excludes halogenated alkanes) is 9. The van der Waals surface area contributed by atoms with E-state index in [1.54, 1.807) is 14.2 Å². The average molecular weight is 359 g/mol. The summed E-state index contributed by atoms with van der Waals surface area (Å²) < 4.78 is 16.9. The lowest BCUT2D eigenvalue weighted by atomic mass is 9.93. The van der Waals surface area contributed by atoms with Crippen molar-refractivity contribution in [2.75, 3.05) is 34.0 Å². The van der Waals surface area contributed by atoms with Crippen molar-refractivity contribution in [3.8, 4) is 0 Å². The predicted molar refractivity (Wildman–Crippen MR) is 108 cm³/mol. The van der Waals surface area contributed by atoms with Crippen molar-refractivity contribution in [1.82, 2.24) is 0 Å². The van der Waals surface area contributed by atoms with E-state index in [9.17, 15) is 0 Å². The monoisotopic (exact) mass is 358 g/mol. The SMILES string of the molecule is CCCCCCCCCCCCC(C)(C)OCC(C)(COC)COC. The fourth-order valence-electron chi connectivity index (χ4n) is 3.30. The van der Waals surface area contributed by atoms with Crippen LogP contribution < -0.4 is 0 Å². The van der Waals surface area contributed by atoms with E-state index in [2.05, 4.69) is 27.7 Å². The van der Waals surface area contributed by atoms with E-state index in [4.69, 9.17) is 14.2 Å². The lowest BCUT2D eigenvalue weighted by molar-refractivity contribution is -0.0992. The predicted octanol–water partition coefficient (Wildman–Crippen LogP) is 6.39. The molecule has 3 heteroatoms. The molecule has 0 unspecified atom stereocenters. The molecule has 0 spiro atoms. The van der Waals surface area contributed by atoms with Crippen LogP contribution in [-0.2, 0) is 14.2 Å². The maximum Gasteiger partial charge on any atom is 0.0626 e. The van der Waals surface area contributed by atoms with Crippen molar-refractivity contribution >= 4 is 0 Å². The standard InChI is InChI=1S/C22H46O3/c1-7-8-9-10-11-12-13-14-15-16-17-21(2,3)25-20-22(4,18-23-5)19-24-6/h7-20H2,1-6H3. The highest BCUT2D eigenvalue weighted by molar-refractivity contribution is 4.77. The van der Waals surface area contributed by atoms with Crippen molar-refractivity contribution in [2.24, 2.45) is 5.41 Å². The number of rotatable bonds is 18. The van der Waals surface area contributed by atoms with Gasteiger partial charge in [-0.1, -0.05) is 78.1 Å². The van der Waals surface area contributed by atoms with E-state index < -0.39 is 0 Å². The Balaban J connectivity index is 3.75. The van der Waals surface area contributed by atoms with Gasteiger partial charge in [-0.3, -0.25) is 0 Å². The van der Waals surface area contributed by atoms with Gasteiger partial charge in [-0.15, -0.1) is 0 Å². The summed E-state index contributed by atoms with van der Waals surface area (Å²) in [6.07, 6.45) is 14.9. The molecule has 0 amide bonds. The third-order valence-electron chi connectivity index (χ3n) is 4.93. The van der Waals surface area contributed by atoms with Crippen molar-refractivity contribution in [2.45, 2.75) is 104 Å². The second kappa shape index (κ2) is 15.0. The third kappa shape index (κ3) is 14.7. The van der Waals surface area contributed by atoms with E-state index in [-0.39, 0.29) is 11.0 Å². The molecule has 0 aromatic heterocycles. The van der Waals surface area contributed by atoms with Gasteiger partial charge in [0, 0.05) is 19.6 Å².